The monoisotopic (exact) mass is 388 g/mol. The smallest absolute Gasteiger partial charge is 0.260 e. The highest BCUT2D eigenvalue weighted by Crippen LogP contribution is 2.39. The Balaban J connectivity index is 1.48. The second-order valence-corrected chi connectivity index (χ2v) is 8.68. The molecule has 4 heterocycles. The highest BCUT2D eigenvalue weighted by Gasteiger charge is 2.36. The predicted molar refractivity (Wildman–Crippen MR) is 111 cm³/mol. The maximum absolute atomic E-state index is 13.1. The Morgan fingerprint density at radius 1 is 1.17 bits per heavy atom. The highest BCUT2D eigenvalue weighted by molar-refractivity contribution is 6.10. The number of amides is 1. The molecule has 0 fully saturated rings. The normalized spacial score (nSPS) is 16.9. The van der Waals surface area contributed by atoms with Crippen molar-refractivity contribution in [2.75, 3.05) is 4.90 Å². The van der Waals surface area contributed by atoms with Crippen LogP contribution < -0.4 is 9.64 Å². The van der Waals surface area contributed by atoms with Gasteiger partial charge in [0.2, 0.25) is 0 Å². The molecule has 6 heteroatoms. The van der Waals surface area contributed by atoms with Crippen LogP contribution >= 0.6 is 0 Å². The number of benzene rings is 1. The van der Waals surface area contributed by atoms with Crippen molar-refractivity contribution >= 4 is 11.7 Å². The molecule has 6 nitrogen and oxygen atoms in total. The number of nitrogens with zero attached hydrogens (tertiary/aromatic N) is 4. The number of carbonyl (C=O) groups is 1. The van der Waals surface area contributed by atoms with E-state index in [2.05, 4.69) is 43.3 Å². The molecule has 1 amide bonds. The molecule has 0 saturated carbocycles. The first-order valence-corrected chi connectivity index (χ1v) is 9.99. The van der Waals surface area contributed by atoms with Crippen LogP contribution in [0.2, 0.25) is 0 Å². The minimum absolute atomic E-state index is 0.0343. The summed E-state index contributed by atoms with van der Waals surface area (Å²) >= 11 is 0. The maximum atomic E-state index is 13.1. The molecule has 0 unspecified atom stereocenters. The van der Waals surface area contributed by atoms with Crippen LogP contribution in [0.25, 0.3) is 11.5 Å². The lowest BCUT2D eigenvalue weighted by Crippen LogP contribution is -2.25. The van der Waals surface area contributed by atoms with Crippen molar-refractivity contribution in [3.63, 3.8) is 0 Å². The molecule has 1 aromatic carbocycles. The number of carbonyl (C=O) groups excluding carboxylic acids is 1. The zero-order valence-electron chi connectivity index (χ0n) is 17.1. The molecule has 0 bridgehead atoms. The first kappa shape index (κ1) is 17.9. The number of anilines is 1. The lowest BCUT2D eigenvalue weighted by Gasteiger charge is -2.17. The van der Waals surface area contributed by atoms with Gasteiger partial charge >= 0.3 is 0 Å². The van der Waals surface area contributed by atoms with Crippen LogP contribution in [0.3, 0.4) is 0 Å². The van der Waals surface area contributed by atoms with E-state index in [1.54, 1.807) is 11.1 Å². The third-order valence-corrected chi connectivity index (χ3v) is 5.56. The highest BCUT2D eigenvalue weighted by atomic mass is 16.5. The molecule has 0 spiro atoms. The van der Waals surface area contributed by atoms with Gasteiger partial charge in [-0.05, 0) is 63.1 Å². The van der Waals surface area contributed by atoms with Gasteiger partial charge in [-0.1, -0.05) is 6.07 Å². The number of hydrogen-bond donors (Lipinski definition) is 0. The van der Waals surface area contributed by atoms with Crippen molar-refractivity contribution in [3.8, 4) is 17.3 Å². The predicted octanol–water partition coefficient (Wildman–Crippen LogP) is 4.40. The first-order valence-electron chi connectivity index (χ1n) is 9.99. The van der Waals surface area contributed by atoms with Gasteiger partial charge in [0.1, 0.15) is 22.9 Å². The van der Waals surface area contributed by atoms with Crippen molar-refractivity contribution in [2.45, 2.75) is 52.3 Å². The summed E-state index contributed by atoms with van der Waals surface area (Å²) in [7, 11) is 0. The summed E-state index contributed by atoms with van der Waals surface area (Å²) in [6.45, 7) is 8.89. The van der Waals surface area contributed by atoms with E-state index in [4.69, 9.17) is 9.72 Å². The van der Waals surface area contributed by atoms with Crippen LogP contribution in [0.15, 0.2) is 42.7 Å². The summed E-state index contributed by atoms with van der Waals surface area (Å²) in [6, 6.07) is 10.0. The van der Waals surface area contributed by atoms with Gasteiger partial charge in [-0.15, -0.1) is 0 Å². The zero-order chi connectivity index (χ0) is 20.3. The van der Waals surface area contributed by atoms with Gasteiger partial charge in [0, 0.05) is 30.4 Å². The average molecular weight is 388 g/mol. The fourth-order valence-electron chi connectivity index (χ4n) is 4.23. The molecule has 2 aliphatic heterocycles. The first-order chi connectivity index (χ1) is 13.8. The second-order valence-electron chi connectivity index (χ2n) is 8.68. The lowest BCUT2D eigenvalue weighted by molar-refractivity contribution is 0.0994. The SMILES string of the molecule is CC(C)n1ccnc1-c1cccc(N2Cc3cc4c(cc3C2=O)OC(C)(C)C4)n1. The Bertz CT molecular complexity index is 1130. The maximum Gasteiger partial charge on any atom is 0.260 e. The van der Waals surface area contributed by atoms with Crippen LogP contribution in [0, 0.1) is 0 Å². The lowest BCUT2D eigenvalue weighted by atomic mass is 9.98. The molecule has 3 aromatic rings. The van der Waals surface area contributed by atoms with Gasteiger partial charge in [0.25, 0.3) is 5.91 Å². The minimum Gasteiger partial charge on any atom is -0.487 e. The number of rotatable bonds is 3. The van der Waals surface area contributed by atoms with E-state index in [0.29, 0.717) is 17.9 Å². The van der Waals surface area contributed by atoms with E-state index in [-0.39, 0.29) is 17.6 Å². The molecule has 0 aliphatic carbocycles. The molecule has 29 heavy (non-hydrogen) atoms. The van der Waals surface area contributed by atoms with Crippen LogP contribution in [0.5, 0.6) is 5.75 Å². The minimum atomic E-state index is -0.214. The van der Waals surface area contributed by atoms with Crippen molar-refractivity contribution in [3.05, 3.63) is 59.4 Å². The molecule has 0 atom stereocenters. The Morgan fingerprint density at radius 3 is 2.79 bits per heavy atom. The third-order valence-electron chi connectivity index (χ3n) is 5.56. The van der Waals surface area contributed by atoms with Crippen LogP contribution in [0.4, 0.5) is 5.82 Å². The topological polar surface area (TPSA) is 60.2 Å². The molecule has 0 N–H and O–H groups in total. The fourth-order valence-corrected chi connectivity index (χ4v) is 4.23. The van der Waals surface area contributed by atoms with E-state index >= 15 is 0 Å². The molecular weight excluding hydrogens is 364 g/mol. The van der Waals surface area contributed by atoms with Gasteiger partial charge in [0.15, 0.2) is 5.82 Å². The van der Waals surface area contributed by atoms with Gasteiger partial charge in [0.05, 0.1) is 6.54 Å². The van der Waals surface area contributed by atoms with Crippen molar-refractivity contribution in [2.24, 2.45) is 0 Å². The summed E-state index contributed by atoms with van der Waals surface area (Å²) < 4.78 is 8.09. The number of pyridine rings is 1. The molecule has 148 valence electrons. The molecule has 0 radical (unpaired) electrons. The summed E-state index contributed by atoms with van der Waals surface area (Å²) in [5, 5.41) is 0. The Labute approximate surface area is 170 Å². The summed E-state index contributed by atoms with van der Waals surface area (Å²) in [6.07, 6.45) is 4.59. The number of fused-ring (bicyclic) bond motifs is 2. The Morgan fingerprint density at radius 2 is 2.00 bits per heavy atom. The number of ether oxygens (including phenoxy) is 1. The quantitative estimate of drug-likeness (QED) is 0.667. The largest absolute Gasteiger partial charge is 0.487 e. The molecule has 2 aliphatic rings. The molecule has 0 saturated heterocycles. The standard InChI is InChI=1S/C23H24N4O2/c1-14(2)26-9-8-24-21(26)18-6-5-7-20(25-18)27-13-16-10-15-12-23(3,4)29-19(15)11-17(16)22(27)28/h5-11,14H,12-13H2,1-4H3. The van der Waals surface area contributed by atoms with Gasteiger partial charge < -0.3 is 9.30 Å². The second kappa shape index (κ2) is 6.17. The van der Waals surface area contributed by atoms with E-state index < -0.39 is 0 Å². The average Bonchev–Trinajstić information content (AvgIpc) is 3.35. The van der Waals surface area contributed by atoms with E-state index in [1.807, 2.05) is 30.5 Å². The summed E-state index contributed by atoms with van der Waals surface area (Å²) in [5.74, 6) is 2.24. The third kappa shape index (κ3) is 2.90. The number of imidazole rings is 1. The molecular formula is C23H24N4O2. The zero-order valence-corrected chi connectivity index (χ0v) is 17.1. The van der Waals surface area contributed by atoms with E-state index in [1.165, 1.54) is 5.56 Å². The Kier molecular flexibility index (Phi) is 3.81. The number of hydrogen-bond acceptors (Lipinski definition) is 4. The molecule has 5 rings (SSSR count). The van der Waals surface area contributed by atoms with Crippen LogP contribution in [-0.2, 0) is 13.0 Å². The summed E-state index contributed by atoms with van der Waals surface area (Å²) in [4.78, 5) is 24.1. The van der Waals surface area contributed by atoms with Crippen molar-refractivity contribution in [1.82, 2.24) is 14.5 Å². The Hall–Kier alpha value is -3.15. The van der Waals surface area contributed by atoms with Crippen molar-refractivity contribution in [1.29, 1.82) is 0 Å². The van der Waals surface area contributed by atoms with Crippen LogP contribution in [0.1, 0.15) is 55.2 Å². The van der Waals surface area contributed by atoms with E-state index in [0.717, 1.165) is 29.3 Å². The van der Waals surface area contributed by atoms with Gasteiger partial charge in [-0.3, -0.25) is 9.69 Å². The summed E-state index contributed by atoms with van der Waals surface area (Å²) in [5.41, 5.74) is 3.46. The van der Waals surface area contributed by atoms with Crippen molar-refractivity contribution < 1.29 is 9.53 Å². The van der Waals surface area contributed by atoms with Gasteiger partial charge in [-0.25, -0.2) is 9.97 Å². The van der Waals surface area contributed by atoms with E-state index in [9.17, 15) is 4.79 Å². The van der Waals surface area contributed by atoms with Crippen LogP contribution in [-0.4, -0.2) is 26.0 Å². The van der Waals surface area contributed by atoms with Gasteiger partial charge in [-0.2, -0.15) is 0 Å². The fraction of sp³-hybridized carbons (Fsp3) is 0.348. The number of aromatic nitrogens is 3. The molecule has 2 aromatic heterocycles.